The number of amides is 1. The average molecular weight is 387 g/mol. The third-order valence-electron chi connectivity index (χ3n) is 5.15. The second-order valence-corrected chi connectivity index (χ2v) is 8.61. The number of nitrogens with zero attached hydrogens (tertiary/aromatic N) is 1. The third-order valence-corrected chi connectivity index (χ3v) is 6.55. The molecule has 0 atom stereocenters. The summed E-state index contributed by atoms with van der Waals surface area (Å²) in [5.41, 5.74) is 5.08. The summed E-state index contributed by atoms with van der Waals surface area (Å²) in [7, 11) is -3.62. The maximum Gasteiger partial charge on any atom is 0.240 e. The molecule has 1 aliphatic heterocycles. The molecule has 144 valence electrons. The fraction of sp³-hybridized carbons (Fsp3) is 0.381. The van der Waals surface area contributed by atoms with Gasteiger partial charge in [0.2, 0.25) is 15.9 Å². The number of aryl methyl sites for hydroxylation is 2. The summed E-state index contributed by atoms with van der Waals surface area (Å²) in [5.74, 6) is -0.0228. The number of nitrogens with one attached hydrogen (secondary N) is 1. The van der Waals surface area contributed by atoms with Crippen molar-refractivity contribution in [3.63, 3.8) is 0 Å². The molecule has 2 aromatic carbocycles. The van der Waals surface area contributed by atoms with Crippen molar-refractivity contribution in [2.24, 2.45) is 0 Å². The van der Waals surface area contributed by atoms with Crippen molar-refractivity contribution < 1.29 is 13.2 Å². The van der Waals surface area contributed by atoms with Crippen molar-refractivity contribution in [1.29, 1.82) is 0 Å². The molecule has 0 saturated carbocycles. The molecule has 3 rings (SSSR count). The molecule has 0 bridgehead atoms. The SMILES string of the molecule is CCc1ccc(CC)c(CNS(=O)(=O)c2ccc3c(c2)CCN3C(C)=O)c1. The lowest BCUT2D eigenvalue weighted by molar-refractivity contribution is -0.116. The van der Waals surface area contributed by atoms with Gasteiger partial charge < -0.3 is 4.90 Å². The van der Waals surface area contributed by atoms with Crippen molar-refractivity contribution in [1.82, 2.24) is 4.72 Å². The minimum atomic E-state index is -3.62. The Balaban J connectivity index is 1.81. The first-order valence-electron chi connectivity index (χ1n) is 9.37. The van der Waals surface area contributed by atoms with Gasteiger partial charge >= 0.3 is 0 Å². The number of sulfonamides is 1. The van der Waals surface area contributed by atoms with Crippen molar-refractivity contribution in [3.8, 4) is 0 Å². The number of benzene rings is 2. The largest absolute Gasteiger partial charge is 0.312 e. The Morgan fingerprint density at radius 2 is 1.85 bits per heavy atom. The van der Waals surface area contributed by atoms with Gasteiger partial charge in [0.15, 0.2) is 0 Å². The maximum atomic E-state index is 12.8. The zero-order chi connectivity index (χ0) is 19.6. The van der Waals surface area contributed by atoms with Crippen LogP contribution in [0.1, 0.15) is 43.0 Å². The highest BCUT2D eigenvalue weighted by atomic mass is 32.2. The Hall–Kier alpha value is -2.18. The molecule has 27 heavy (non-hydrogen) atoms. The van der Waals surface area contributed by atoms with Crippen molar-refractivity contribution in [3.05, 3.63) is 58.7 Å². The standard InChI is InChI=1S/C21H26N2O3S/c1-4-16-6-7-17(5-2)19(12-16)14-22-27(25,26)20-8-9-21-18(13-20)10-11-23(21)15(3)24/h6-9,12-13,22H,4-5,10-11,14H2,1-3H3. The molecule has 6 heteroatoms. The predicted octanol–water partition coefficient (Wildman–Crippen LogP) is 3.20. The lowest BCUT2D eigenvalue weighted by Crippen LogP contribution is -2.26. The molecule has 0 radical (unpaired) electrons. The highest BCUT2D eigenvalue weighted by Gasteiger charge is 2.24. The molecule has 1 aliphatic rings. The van der Waals surface area contributed by atoms with E-state index >= 15 is 0 Å². The smallest absolute Gasteiger partial charge is 0.240 e. The van der Waals surface area contributed by atoms with Gasteiger partial charge in [0.1, 0.15) is 0 Å². The molecule has 1 amide bonds. The molecule has 0 fully saturated rings. The van der Waals surface area contributed by atoms with Gasteiger partial charge in [0, 0.05) is 25.7 Å². The average Bonchev–Trinajstić information content (AvgIpc) is 3.09. The first-order chi connectivity index (χ1) is 12.9. The third kappa shape index (κ3) is 4.06. The van der Waals surface area contributed by atoms with Crippen LogP contribution in [0.4, 0.5) is 5.69 Å². The molecule has 5 nitrogen and oxygen atoms in total. The Labute approximate surface area is 161 Å². The Morgan fingerprint density at radius 1 is 1.07 bits per heavy atom. The highest BCUT2D eigenvalue weighted by molar-refractivity contribution is 7.89. The zero-order valence-electron chi connectivity index (χ0n) is 16.1. The maximum absolute atomic E-state index is 12.8. The van der Waals surface area contributed by atoms with E-state index in [1.807, 2.05) is 0 Å². The first kappa shape index (κ1) is 19.6. The summed E-state index contributed by atoms with van der Waals surface area (Å²) < 4.78 is 28.3. The summed E-state index contributed by atoms with van der Waals surface area (Å²) in [6, 6.07) is 11.2. The number of fused-ring (bicyclic) bond motifs is 1. The quantitative estimate of drug-likeness (QED) is 0.829. The molecule has 2 aromatic rings. The van der Waals surface area contributed by atoms with Crippen LogP contribution in [0.2, 0.25) is 0 Å². The van der Waals surface area contributed by atoms with E-state index in [-0.39, 0.29) is 17.3 Å². The molecule has 0 spiro atoms. The van der Waals surface area contributed by atoms with Gasteiger partial charge in [-0.05, 0) is 59.7 Å². The van der Waals surface area contributed by atoms with Gasteiger partial charge in [-0.1, -0.05) is 32.0 Å². The number of hydrogen-bond donors (Lipinski definition) is 1. The fourth-order valence-corrected chi connectivity index (χ4v) is 4.59. The van der Waals surface area contributed by atoms with Gasteiger partial charge in [0.25, 0.3) is 0 Å². The van der Waals surface area contributed by atoms with Crippen LogP contribution in [0.15, 0.2) is 41.3 Å². The van der Waals surface area contributed by atoms with Crippen LogP contribution in [-0.2, 0) is 40.6 Å². The van der Waals surface area contributed by atoms with Gasteiger partial charge in [0.05, 0.1) is 4.90 Å². The molecule has 0 aromatic heterocycles. The van der Waals surface area contributed by atoms with E-state index in [1.54, 1.807) is 23.1 Å². The van der Waals surface area contributed by atoms with Crippen LogP contribution in [0.5, 0.6) is 0 Å². The molecule has 0 unspecified atom stereocenters. The summed E-state index contributed by atoms with van der Waals surface area (Å²) in [6.07, 6.45) is 2.46. The van der Waals surface area contributed by atoms with Crippen LogP contribution >= 0.6 is 0 Å². The lowest BCUT2D eigenvalue weighted by atomic mass is 10.0. The fourth-order valence-electron chi connectivity index (χ4n) is 3.54. The van der Waals surface area contributed by atoms with Crippen LogP contribution in [0.3, 0.4) is 0 Å². The van der Waals surface area contributed by atoms with E-state index in [0.29, 0.717) is 13.0 Å². The van der Waals surface area contributed by atoms with Gasteiger partial charge in [-0.25, -0.2) is 13.1 Å². The van der Waals surface area contributed by atoms with E-state index in [4.69, 9.17) is 0 Å². The molecule has 1 N–H and O–H groups in total. The molecule has 1 heterocycles. The van der Waals surface area contributed by atoms with Gasteiger partial charge in [-0.15, -0.1) is 0 Å². The number of carbonyl (C=O) groups is 1. The Bertz CT molecular complexity index is 967. The van der Waals surface area contributed by atoms with E-state index in [9.17, 15) is 13.2 Å². The van der Waals surface area contributed by atoms with Gasteiger partial charge in [-0.2, -0.15) is 0 Å². The van der Waals surface area contributed by atoms with Crippen LogP contribution in [0, 0.1) is 0 Å². The van der Waals surface area contributed by atoms with E-state index < -0.39 is 10.0 Å². The minimum Gasteiger partial charge on any atom is -0.312 e. The van der Waals surface area contributed by atoms with E-state index in [1.165, 1.54) is 12.5 Å². The minimum absolute atomic E-state index is 0.0228. The topological polar surface area (TPSA) is 66.5 Å². The van der Waals surface area contributed by atoms with Crippen LogP contribution in [0.25, 0.3) is 0 Å². The van der Waals surface area contributed by atoms with Crippen molar-refractivity contribution in [2.75, 3.05) is 11.4 Å². The number of anilines is 1. The second kappa shape index (κ2) is 7.82. The number of carbonyl (C=O) groups excluding carboxylic acids is 1. The van der Waals surface area contributed by atoms with Crippen molar-refractivity contribution >= 4 is 21.6 Å². The number of rotatable bonds is 6. The monoisotopic (exact) mass is 386 g/mol. The normalized spacial score (nSPS) is 13.7. The molecule has 0 aliphatic carbocycles. The van der Waals surface area contributed by atoms with Crippen LogP contribution < -0.4 is 9.62 Å². The summed E-state index contributed by atoms with van der Waals surface area (Å²) in [4.78, 5) is 13.6. The van der Waals surface area contributed by atoms with Crippen LogP contribution in [-0.4, -0.2) is 20.9 Å². The molecule has 0 saturated heterocycles. The van der Waals surface area contributed by atoms with E-state index in [0.717, 1.165) is 35.2 Å². The zero-order valence-corrected chi connectivity index (χ0v) is 16.9. The molecular weight excluding hydrogens is 360 g/mol. The number of hydrogen-bond acceptors (Lipinski definition) is 3. The van der Waals surface area contributed by atoms with Crippen molar-refractivity contribution in [2.45, 2.75) is 51.5 Å². The van der Waals surface area contributed by atoms with E-state index in [2.05, 4.69) is 36.8 Å². The Morgan fingerprint density at radius 3 is 2.52 bits per heavy atom. The predicted molar refractivity (Wildman–Crippen MR) is 107 cm³/mol. The highest BCUT2D eigenvalue weighted by Crippen LogP contribution is 2.30. The lowest BCUT2D eigenvalue weighted by Gasteiger charge is -2.15. The summed E-state index contributed by atoms with van der Waals surface area (Å²) >= 11 is 0. The Kier molecular flexibility index (Phi) is 5.67. The summed E-state index contributed by atoms with van der Waals surface area (Å²) in [6.45, 7) is 6.56. The summed E-state index contributed by atoms with van der Waals surface area (Å²) in [5, 5.41) is 0. The second-order valence-electron chi connectivity index (χ2n) is 6.85. The molecular formula is C21H26N2O3S. The van der Waals surface area contributed by atoms with Gasteiger partial charge in [-0.3, -0.25) is 4.79 Å². The first-order valence-corrected chi connectivity index (χ1v) is 10.9.